The molecule has 0 aliphatic heterocycles. The first-order valence-corrected chi connectivity index (χ1v) is 12.9. The highest BCUT2D eigenvalue weighted by atomic mass is 35.5. The summed E-state index contributed by atoms with van der Waals surface area (Å²) in [5.74, 6) is 1.14. The minimum Gasteiger partial charge on any atom is -0.487 e. The molecule has 0 amide bonds. The summed E-state index contributed by atoms with van der Waals surface area (Å²) in [6.07, 6.45) is 0. The highest BCUT2D eigenvalue weighted by Gasteiger charge is 2.24. The zero-order valence-electron chi connectivity index (χ0n) is 19.3. The van der Waals surface area contributed by atoms with Gasteiger partial charge in [0.25, 0.3) is 0 Å². The second kappa shape index (κ2) is 11.5. The van der Waals surface area contributed by atoms with Gasteiger partial charge >= 0.3 is 0 Å². The summed E-state index contributed by atoms with van der Waals surface area (Å²) in [5.41, 5.74) is 3.49. The molecule has 0 saturated carbocycles. The Labute approximate surface area is 227 Å². The number of hydrogen-bond donors (Lipinski definition) is 0. The molecule has 0 aliphatic carbocycles. The van der Waals surface area contributed by atoms with E-state index in [4.69, 9.17) is 39.5 Å². The van der Waals surface area contributed by atoms with Crippen LogP contribution in [0.25, 0.3) is 5.69 Å². The summed E-state index contributed by atoms with van der Waals surface area (Å²) >= 11 is 19.8. The lowest BCUT2D eigenvalue weighted by molar-refractivity contribution is -0.479. The fourth-order valence-electron chi connectivity index (χ4n) is 3.58. The Balaban J connectivity index is 1.57. The van der Waals surface area contributed by atoms with Gasteiger partial charge in [-0.3, -0.25) is 14.7 Å². The normalized spacial score (nSPS) is 11.9. The Bertz CT molecular complexity index is 1410. The van der Waals surface area contributed by atoms with Crippen LogP contribution in [0.1, 0.15) is 27.8 Å². The van der Waals surface area contributed by atoms with Gasteiger partial charge < -0.3 is 4.74 Å². The lowest BCUT2D eigenvalue weighted by atomic mass is 10.1. The second-order valence-electron chi connectivity index (χ2n) is 8.05. The van der Waals surface area contributed by atoms with E-state index in [-0.39, 0.29) is 18.1 Å². The molecule has 3 aromatic carbocycles. The summed E-state index contributed by atoms with van der Waals surface area (Å²) in [7, 11) is 0. The van der Waals surface area contributed by atoms with Crippen molar-refractivity contribution in [2.45, 2.75) is 30.9 Å². The molecule has 4 rings (SSSR count). The van der Waals surface area contributed by atoms with E-state index in [2.05, 4.69) is 10.2 Å². The monoisotopic (exact) mass is 562 g/mol. The molecule has 0 unspecified atom stereocenters. The van der Waals surface area contributed by atoms with Crippen molar-refractivity contribution in [1.29, 1.82) is 0 Å². The Kier molecular flexibility index (Phi) is 8.41. The third kappa shape index (κ3) is 6.31. The topological polar surface area (TPSA) is 83.1 Å². The van der Waals surface area contributed by atoms with E-state index in [1.54, 1.807) is 30.3 Å². The summed E-state index contributed by atoms with van der Waals surface area (Å²) in [5, 5.41) is 21.3. The van der Waals surface area contributed by atoms with Crippen LogP contribution in [-0.4, -0.2) is 26.2 Å². The number of nitrogens with zero attached hydrogens (tertiary/aromatic N) is 4. The number of aryl methyl sites for hydroxylation is 2. The van der Waals surface area contributed by atoms with Gasteiger partial charge in [-0.2, -0.15) is 0 Å². The van der Waals surface area contributed by atoms with Gasteiger partial charge in [0.1, 0.15) is 23.4 Å². The van der Waals surface area contributed by atoms with Crippen LogP contribution in [0.2, 0.25) is 15.1 Å². The molecule has 0 aliphatic rings. The van der Waals surface area contributed by atoms with Gasteiger partial charge in [-0.15, -0.1) is 10.2 Å². The number of aromatic nitrogens is 3. The molecule has 11 heteroatoms. The van der Waals surface area contributed by atoms with Crippen molar-refractivity contribution in [2.24, 2.45) is 0 Å². The number of hydrogen-bond acceptors (Lipinski definition) is 6. The first-order valence-electron chi connectivity index (χ1n) is 10.8. The van der Waals surface area contributed by atoms with Crippen LogP contribution in [0, 0.1) is 24.0 Å². The number of benzene rings is 3. The lowest BCUT2D eigenvalue weighted by Gasteiger charge is -2.16. The smallest absolute Gasteiger partial charge is 0.220 e. The Hall–Kier alpha value is -2.78. The predicted molar refractivity (Wildman–Crippen MR) is 144 cm³/mol. The molecule has 4 aromatic rings. The van der Waals surface area contributed by atoms with Crippen molar-refractivity contribution in [3.63, 3.8) is 0 Å². The van der Waals surface area contributed by atoms with Crippen LogP contribution in [0.4, 0.5) is 0 Å². The van der Waals surface area contributed by atoms with E-state index in [1.165, 1.54) is 11.8 Å². The summed E-state index contributed by atoms with van der Waals surface area (Å²) in [4.78, 5) is 11.2. The first-order chi connectivity index (χ1) is 17.2. The summed E-state index contributed by atoms with van der Waals surface area (Å²) in [6.45, 7) is 3.77. The molecule has 1 aromatic heterocycles. The van der Waals surface area contributed by atoms with Gasteiger partial charge in [0.2, 0.25) is 6.54 Å². The lowest BCUT2D eigenvalue weighted by Crippen LogP contribution is -2.11. The molecular formula is C25H21Cl3N4O3S. The number of rotatable bonds is 9. The highest BCUT2D eigenvalue weighted by molar-refractivity contribution is 7.99. The number of halogens is 3. The highest BCUT2D eigenvalue weighted by Crippen LogP contribution is 2.39. The van der Waals surface area contributed by atoms with Crippen molar-refractivity contribution < 1.29 is 9.66 Å². The third-order valence-corrected chi connectivity index (χ3v) is 7.54. The van der Waals surface area contributed by atoms with E-state index in [9.17, 15) is 10.1 Å². The molecule has 0 N–H and O–H groups in total. The molecule has 0 saturated heterocycles. The van der Waals surface area contributed by atoms with E-state index in [1.807, 2.05) is 48.7 Å². The third-order valence-electron chi connectivity index (χ3n) is 5.32. The van der Waals surface area contributed by atoms with Crippen LogP contribution in [-0.2, 0) is 6.61 Å². The van der Waals surface area contributed by atoms with Crippen molar-refractivity contribution in [3.8, 4) is 11.4 Å². The van der Waals surface area contributed by atoms with Crippen LogP contribution in [0.15, 0.2) is 65.8 Å². The minimum atomic E-state index is -0.547. The standard InChI is InChI=1S/C25H21Cl3N4O3S/c1-15-4-3-5-19(10-15)32-16(2)29-30-25(32)36-24(13-31(33)34)18-7-9-23(22(28)12-18)35-14-17-6-8-20(26)21(27)11-17/h3-12,24H,13-14H2,1-2H3/t24-/m0/s1. The van der Waals surface area contributed by atoms with Gasteiger partial charge in [-0.1, -0.05) is 70.8 Å². The van der Waals surface area contributed by atoms with Crippen molar-refractivity contribution in [2.75, 3.05) is 6.54 Å². The van der Waals surface area contributed by atoms with Gasteiger partial charge in [-0.25, -0.2) is 0 Å². The maximum absolute atomic E-state index is 11.5. The molecule has 0 fully saturated rings. The molecule has 0 radical (unpaired) electrons. The molecule has 1 atom stereocenters. The van der Waals surface area contributed by atoms with Crippen LogP contribution in [0.5, 0.6) is 5.75 Å². The Morgan fingerprint density at radius 1 is 1.00 bits per heavy atom. The molecule has 0 spiro atoms. The van der Waals surface area contributed by atoms with Crippen LogP contribution in [0.3, 0.4) is 0 Å². The predicted octanol–water partition coefficient (Wildman–Crippen LogP) is 7.53. The average molecular weight is 564 g/mol. The Morgan fingerprint density at radius 2 is 1.81 bits per heavy atom. The van der Waals surface area contributed by atoms with Crippen molar-refractivity contribution >= 4 is 46.6 Å². The van der Waals surface area contributed by atoms with Gasteiger partial charge in [0.05, 0.1) is 15.1 Å². The molecular weight excluding hydrogens is 543 g/mol. The maximum atomic E-state index is 11.5. The average Bonchev–Trinajstić information content (AvgIpc) is 3.19. The van der Waals surface area contributed by atoms with E-state index >= 15 is 0 Å². The van der Waals surface area contributed by atoms with Gasteiger partial charge in [0, 0.05) is 10.6 Å². The summed E-state index contributed by atoms with van der Waals surface area (Å²) in [6, 6.07) is 18.3. The van der Waals surface area contributed by atoms with Crippen molar-refractivity contribution in [1.82, 2.24) is 14.8 Å². The molecule has 7 nitrogen and oxygen atoms in total. The SMILES string of the molecule is Cc1cccc(-n2c(C)nnc2S[C@@H](C[N+](=O)[O-])c2ccc(OCc3ccc(Cl)c(Cl)c3)c(Cl)c2)c1. The van der Waals surface area contributed by atoms with Crippen molar-refractivity contribution in [3.05, 3.63) is 108 Å². The van der Waals surface area contributed by atoms with Gasteiger partial charge in [0.15, 0.2) is 5.16 Å². The molecule has 1 heterocycles. The number of thioether (sulfide) groups is 1. The minimum absolute atomic E-state index is 0.238. The largest absolute Gasteiger partial charge is 0.487 e. The maximum Gasteiger partial charge on any atom is 0.220 e. The van der Waals surface area contributed by atoms with Gasteiger partial charge in [-0.05, 0) is 66.9 Å². The zero-order chi connectivity index (χ0) is 25.8. The number of ether oxygens (including phenoxy) is 1. The second-order valence-corrected chi connectivity index (χ2v) is 10.4. The fourth-order valence-corrected chi connectivity index (χ4v) is 5.31. The van der Waals surface area contributed by atoms with Crippen LogP contribution < -0.4 is 4.74 Å². The fraction of sp³-hybridized carbons (Fsp3) is 0.200. The van der Waals surface area contributed by atoms with E-state index in [0.717, 1.165) is 16.8 Å². The molecule has 186 valence electrons. The Morgan fingerprint density at radius 3 is 2.50 bits per heavy atom. The van der Waals surface area contributed by atoms with E-state index in [0.29, 0.717) is 37.4 Å². The van der Waals surface area contributed by atoms with E-state index < -0.39 is 5.25 Å². The first kappa shape index (κ1) is 26.3. The summed E-state index contributed by atoms with van der Waals surface area (Å²) < 4.78 is 7.73. The quantitative estimate of drug-likeness (QED) is 0.119. The van der Waals surface area contributed by atoms with Crippen LogP contribution >= 0.6 is 46.6 Å². The number of nitro groups is 1. The zero-order valence-corrected chi connectivity index (χ0v) is 22.4. The molecule has 0 bridgehead atoms. The molecule has 36 heavy (non-hydrogen) atoms.